The molecule has 2 amide bonds. The largest absolute Gasteiger partial charge is 0.454 e. The predicted molar refractivity (Wildman–Crippen MR) is 138 cm³/mol. The Morgan fingerprint density at radius 2 is 1.78 bits per heavy atom. The maximum absolute atomic E-state index is 13.8. The van der Waals surface area contributed by atoms with Gasteiger partial charge in [0.15, 0.2) is 11.5 Å². The van der Waals surface area contributed by atoms with Crippen LogP contribution in [0.3, 0.4) is 0 Å². The molecule has 0 unspecified atom stereocenters. The molecule has 10 heteroatoms. The Kier molecular flexibility index (Phi) is 8.84. The van der Waals surface area contributed by atoms with Crippen LogP contribution in [0.15, 0.2) is 42.5 Å². The normalized spacial score (nSPS) is 13.4. The molecule has 1 atom stereocenters. The number of hydrogen-bond donors (Lipinski definition) is 1. The number of sulfonamides is 1. The van der Waals surface area contributed by atoms with Crippen molar-refractivity contribution in [1.29, 1.82) is 0 Å². The lowest BCUT2D eigenvalue weighted by Gasteiger charge is -2.33. The van der Waals surface area contributed by atoms with E-state index in [1.165, 1.54) is 11.8 Å². The molecule has 0 aromatic heterocycles. The van der Waals surface area contributed by atoms with E-state index >= 15 is 0 Å². The molecule has 196 valence electrons. The summed E-state index contributed by atoms with van der Waals surface area (Å²) in [5.74, 6) is -0.0251. The fourth-order valence-corrected chi connectivity index (χ4v) is 5.12. The SMILES string of the molecule is CC[C@H](C(=O)NC(C)C)N(Cc1cccc(C)c1)C(=O)CN(c1ccc2c(c1)OCO2)S(=O)(=O)CC. The molecule has 1 N–H and O–H groups in total. The lowest BCUT2D eigenvalue weighted by atomic mass is 10.1. The summed E-state index contributed by atoms with van der Waals surface area (Å²) in [4.78, 5) is 28.3. The van der Waals surface area contributed by atoms with E-state index in [4.69, 9.17) is 9.47 Å². The van der Waals surface area contributed by atoms with Crippen molar-refractivity contribution in [3.05, 3.63) is 53.6 Å². The minimum Gasteiger partial charge on any atom is -0.454 e. The fraction of sp³-hybridized carbons (Fsp3) is 0.462. The van der Waals surface area contributed by atoms with Gasteiger partial charge in [0.25, 0.3) is 0 Å². The first-order valence-corrected chi connectivity index (χ1v) is 13.7. The van der Waals surface area contributed by atoms with Crippen molar-refractivity contribution < 1.29 is 27.5 Å². The number of carbonyl (C=O) groups excluding carboxylic acids is 2. The van der Waals surface area contributed by atoms with Gasteiger partial charge in [0, 0.05) is 18.7 Å². The summed E-state index contributed by atoms with van der Waals surface area (Å²) in [6, 6.07) is 11.6. The third kappa shape index (κ3) is 6.48. The first-order chi connectivity index (χ1) is 17.1. The number of fused-ring (bicyclic) bond motifs is 1. The van der Waals surface area contributed by atoms with Crippen LogP contribution in [0.2, 0.25) is 0 Å². The van der Waals surface area contributed by atoms with Gasteiger partial charge in [-0.1, -0.05) is 36.8 Å². The number of rotatable bonds is 11. The second-order valence-electron chi connectivity index (χ2n) is 9.04. The molecule has 2 aromatic carbocycles. The van der Waals surface area contributed by atoms with Crippen LogP contribution in [0.4, 0.5) is 5.69 Å². The van der Waals surface area contributed by atoms with E-state index in [1.807, 2.05) is 52.0 Å². The van der Waals surface area contributed by atoms with Crippen LogP contribution in [-0.2, 0) is 26.2 Å². The maximum atomic E-state index is 13.8. The van der Waals surface area contributed by atoms with Crippen molar-refractivity contribution in [1.82, 2.24) is 10.2 Å². The Labute approximate surface area is 213 Å². The van der Waals surface area contributed by atoms with Gasteiger partial charge in [-0.05, 0) is 51.8 Å². The molecule has 0 bridgehead atoms. The van der Waals surface area contributed by atoms with Crippen LogP contribution in [0.1, 0.15) is 45.2 Å². The second kappa shape index (κ2) is 11.6. The summed E-state index contributed by atoms with van der Waals surface area (Å²) in [5.41, 5.74) is 2.17. The zero-order valence-electron chi connectivity index (χ0n) is 21.5. The number of anilines is 1. The minimum atomic E-state index is -3.82. The van der Waals surface area contributed by atoms with E-state index in [2.05, 4.69) is 5.32 Å². The Bertz CT molecular complexity index is 1200. The topological polar surface area (TPSA) is 105 Å². The molecule has 36 heavy (non-hydrogen) atoms. The molecule has 2 aromatic rings. The zero-order chi connectivity index (χ0) is 26.5. The van der Waals surface area contributed by atoms with Gasteiger partial charge in [0.05, 0.1) is 11.4 Å². The van der Waals surface area contributed by atoms with E-state index in [9.17, 15) is 18.0 Å². The number of benzene rings is 2. The van der Waals surface area contributed by atoms with Gasteiger partial charge in [-0.2, -0.15) is 0 Å². The van der Waals surface area contributed by atoms with Crippen LogP contribution >= 0.6 is 0 Å². The van der Waals surface area contributed by atoms with Crippen LogP contribution in [0, 0.1) is 6.92 Å². The van der Waals surface area contributed by atoms with Crippen molar-refractivity contribution in [3.8, 4) is 11.5 Å². The molecule has 3 rings (SSSR count). The summed E-state index contributed by atoms with van der Waals surface area (Å²) >= 11 is 0. The number of aryl methyl sites for hydroxylation is 1. The lowest BCUT2D eigenvalue weighted by molar-refractivity contribution is -0.140. The first-order valence-electron chi connectivity index (χ1n) is 12.1. The first kappa shape index (κ1) is 27.3. The third-order valence-corrected chi connectivity index (χ3v) is 7.62. The quantitative estimate of drug-likeness (QED) is 0.491. The van der Waals surface area contributed by atoms with E-state index < -0.39 is 28.5 Å². The Balaban J connectivity index is 1.98. The van der Waals surface area contributed by atoms with Gasteiger partial charge in [-0.25, -0.2) is 8.42 Å². The van der Waals surface area contributed by atoms with Gasteiger partial charge >= 0.3 is 0 Å². The predicted octanol–water partition coefficient (Wildman–Crippen LogP) is 3.21. The fourth-order valence-electron chi connectivity index (χ4n) is 4.07. The molecule has 1 aliphatic heterocycles. The van der Waals surface area contributed by atoms with Crippen LogP contribution in [0.25, 0.3) is 0 Å². The maximum Gasteiger partial charge on any atom is 0.244 e. The molecule has 1 heterocycles. The van der Waals surface area contributed by atoms with Crippen LogP contribution < -0.4 is 19.1 Å². The van der Waals surface area contributed by atoms with Crippen LogP contribution in [-0.4, -0.2) is 56.3 Å². The van der Waals surface area contributed by atoms with Crippen molar-refractivity contribution in [2.75, 3.05) is 23.4 Å². The van der Waals surface area contributed by atoms with Gasteiger partial charge in [-0.3, -0.25) is 13.9 Å². The molecule has 0 aliphatic carbocycles. The number of ether oxygens (including phenoxy) is 2. The molecule has 0 saturated carbocycles. The highest BCUT2D eigenvalue weighted by molar-refractivity contribution is 7.92. The van der Waals surface area contributed by atoms with Crippen molar-refractivity contribution in [3.63, 3.8) is 0 Å². The molecule has 0 saturated heterocycles. The summed E-state index contributed by atoms with van der Waals surface area (Å²) in [6.07, 6.45) is 0.376. The van der Waals surface area contributed by atoms with E-state index in [0.29, 0.717) is 23.6 Å². The molecular formula is C26H35N3O6S. The molecule has 1 aliphatic rings. The molecule has 0 radical (unpaired) electrons. The molecule has 0 spiro atoms. The van der Waals surface area contributed by atoms with Gasteiger partial charge in [-0.15, -0.1) is 0 Å². The average Bonchev–Trinajstić information content (AvgIpc) is 3.29. The Morgan fingerprint density at radius 1 is 1.06 bits per heavy atom. The number of hydrogen-bond acceptors (Lipinski definition) is 6. The summed E-state index contributed by atoms with van der Waals surface area (Å²) in [7, 11) is -3.82. The monoisotopic (exact) mass is 517 g/mol. The lowest BCUT2D eigenvalue weighted by Crippen LogP contribution is -2.53. The van der Waals surface area contributed by atoms with Crippen molar-refractivity contribution >= 4 is 27.5 Å². The third-order valence-electron chi connectivity index (χ3n) is 5.88. The van der Waals surface area contributed by atoms with Crippen molar-refractivity contribution in [2.24, 2.45) is 0 Å². The van der Waals surface area contributed by atoms with E-state index in [-0.39, 0.29) is 31.0 Å². The number of nitrogens with one attached hydrogen (secondary N) is 1. The molecule has 0 fully saturated rings. The Morgan fingerprint density at radius 3 is 2.42 bits per heavy atom. The number of carbonyl (C=O) groups is 2. The summed E-state index contributed by atoms with van der Waals surface area (Å²) < 4.78 is 38.0. The average molecular weight is 518 g/mol. The van der Waals surface area contributed by atoms with Crippen LogP contribution in [0.5, 0.6) is 11.5 Å². The number of amides is 2. The van der Waals surface area contributed by atoms with E-state index in [1.54, 1.807) is 18.2 Å². The smallest absolute Gasteiger partial charge is 0.244 e. The molecular weight excluding hydrogens is 482 g/mol. The highest BCUT2D eigenvalue weighted by atomic mass is 32.2. The van der Waals surface area contributed by atoms with Crippen molar-refractivity contribution in [2.45, 2.75) is 59.7 Å². The summed E-state index contributed by atoms with van der Waals surface area (Å²) in [6.45, 7) is 8.78. The standard InChI is InChI=1S/C26H35N3O6S/c1-6-22(26(31)27-18(3)4)28(15-20-10-8-9-19(5)13-20)25(30)16-29(36(32,33)7-2)21-11-12-23-24(14-21)35-17-34-23/h8-14,18,22H,6-7,15-17H2,1-5H3,(H,27,31)/t22-/m1/s1. The minimum absolute atomic E-state index is 0.0473. The highest BCUT2D eigenvalue weighted by Gasteiger charge is 2.33. The zero-order valence-corrected chi connectivity index (χ0v) is 22.3. The Hall–Kier alpha value is -3.27. The van der Waals surface area contributed by atoms with Gasteiger partial charge in [0.2, 0.25) is 28.6 Å². The molecule has 9 nitrogen and oxygen atoms in total. The highest BCUT2D eigenvalue weighted by Crippen LogP contribution is 2.36. The summed E-state index contributed by atoms with van der Waals surface area (Å²) in [5, 5.41) is 2.89. The van der Waals surface area contributed by atoms with Gasteiger partial charge < -0.3 is 19.7 Å². The number of nitrogens with zero attached hydrogens (tertiary/aromatic N) is 2. The van der Waals surface area contributed by atoms with E-state index in [0.717, 1.165) is 15.4 Å². The second-order valence-corrected chi connectivity index (χ2v) is 11.2. The van der Waals surface area contributed by atoms with Gasteiger partial charge in [0.1, 0.15) is 12.6 Å².